The molecule has 0 saturated heterocycles. The van der Waals surface area contributed by atoms with Gasteiger partial charge in [0, 0.05) is 0 Å². The average Bonchev–Trinajstić information content (AvgIpc) is 2.53. The Morgan fingerprint density at radius 3 is 1.54 bits per heavy atom. The molecule has 24 heavy (non-hydrogen) atoms. The molecule has 0 aromatic carbocycles. The highest BCUT2D eigenvalue weighted by Gasteiger charge is 2.13. The Balaban J connectivity index is 3.29. The molecule has 1 unspecified atom stereocenters. The van der Waals surface area contributed by atoms with Crippen molar-refractivity contribution >= 4 is 10.4 Å². The molecule has 0 fully saturated rings. The molecular weight excluding hydrogens is 324 g/mol. The van der Waals surface area contributed by atoms with Crippen molar-refractivity contribution < 1.29 is 17.2 Å². The van der Waals surface area contributed by atoms with E-state index in [2.05, 4.69) is 17.7 Å². The standard InChI is InChI=1S/C19H38O4S/c1-3-5-6-7-8-9-10-11-12-13-14-15-16-17-18-19(4-2)23-24(20,21)22/h4,19H,2-3,5-18H2,1H3,(H,20,21,22). The first-order chi connectivity index (χ1) is 11.5. The fourth-order valence-electron chi connectivity index (χ4n) is 2.90. The summed E-state index contributed by atoms with van der Waals surface area (Å²) in [5.41, 5.74) is 0. The Morgan fingerprint density at radius 1 is 0.833 bits per heavy atom. The predicted molar refractivity (Wildman–Crippen MR) is 102 cm³/mol. The van der Waals surface area contributed by atoms with E-state index in [1.165, 1.54) is 83.1 Å². The minimum Gasteiger partial charge on any atom is -0.264 e. The van der Waals surface area contributed by atoms with E-state index in [9.17, 15) is 8.42 Å². The fourth-order valence-corrected chi connectivity index (χ4v) is 3.39. The van der Waals surface area contributed by atoms with Gasteiger partial charge in [-0.1, -0.05) is 103 Å². The van der Waals surface area contributed by atoms with Gasteiger partial charge in [-0.25, -0.2) is 4.18 Å². The van der Waals surface area contributed by atoms with Crippen LogP contribution in [0, 0.1) is 0 Å². The number of rotatable bonds is 18. The summed E-state index contributed by atoms with van der Waals surface area (Å²) in [5, 5.41) is 0. The lowest BCUT2D eigenvalue weighted by Crippen LogP contribution is -2.15. The number of unbranched alkanes of at least 4 members (excludes halogenated alkanes) is 13. The molecule has 0 spiro atoms. The van der Waals surface area contributed by atoms with Gasteiger partial charge >= 0.3 is 10.4 Å². The van der Waals surface area contributed by atoms with Gasteiger partial charge in [-0.05, 0) is 6.42 Å². The molecule has 0 aliphatic heterocycles. The third kappa shape index (κ3) is 18.0. The summed E-state index contributed by atoms with van der Waals surface area (Å²) in [4.78, 5) is 0. The zero-order valence-electron chi connectivity index (χ0n) is 15.5. The molecule has 0 amide bonds. The highest BCUT2D eigenvalue weighted by atomic mass is 32.3. The molecule has 5 heteroatoms. The first kappa shape index (κ1) is 23.6. The Labute approximate surface area is 150 Å². The predicted octanol–water partition coefficient (Wildman–Crippen LogP) is 6.23. The molecule has 0 heterocycles. The normalized spacial score (nSPS) is 13.1. The maximum atomic E-state index is 10.6. The average molecular weight is 363 g/mol. The van der Waals surface area contributed by atoms with Crippen LogP contribution < -0.4 is 0 Å². The van der Waals surface area contributed by atoms with Crippen molar-refractivity contribution in [3.05, 3.63) is 12.7 Å². The summed E-state index contributed by atoms with van der Waals surface area (Å²) in [6.45, 7) is 5.78. The second-order valence-electron chi connectivity index (χ2n) is 6.68. The molecule has 0 aliphatic rings. The van der Waals surface area contributed by atoms with Crippen molar-refractivity contribution in [2.45, 2.75) is 109 Å². The van der Waals surface area contributed by atoms with Gasteiger partial charge < -0.3 is 0 Å². The van der Waals surface area contributed by atoms with Crippen LogP contribution in [0.2, 0.25) is 0 Å². The topological polar surface area (TPSA) is 63.6 Å². The monoisotopic (exact) mass is 362 g/mol. The van der Waals surface area contributed by atoms with E-state index in [1.807, 2.05) is 0 Å². The van der Waals surface area contributed by atoms with Crippen LogP contribution in [0.15, 0.2) is 12.7 Å². The quantitative estimate of drug-likeness (QED) is 0.178. The van der Waals surface area contributed by atoms with Crippen molar-refractivity contribution in [3.63, 3.8) is 0 Å². The highest BCUT2D eigenvalue weighted by molar-refractivity contribution is 7.80. The summed E-state index contributed by atoms with van der Waals surface area (Å²) < 4.78 is 34.4. The van der Waals surface area contributed by atoms with Crippen molar-refractivity contribution in [2.24, 2.45) is 0 Å². The molecule has 0 rings (SSSR count). The third-order valence-corrected chi connectivity index (χ3v) is 4.84. The van der Waals surface area contributed by atoms with E-state index < -0.39 is 16.5 Å². The van der Waals surface area contributed by atoms with Crippen molar-refractivity contribution in [1.29, 1.82) is 0 Å². The van der Waals surface area contributed by atoms with Gasteiger partial charge in [-0.2, -0.15) is 8.42 Å². The molecule has 0 aromatic rings. The zero-order valence-corrected chi connectivity index (χ0v) is 16.4. The molecule has 1 N–H and O–H groups in total. The molecule has 144 valence electrons. The minimum atomic E-state index is -4.38. The van der Waals surface area contributed by atoms with Crippen molar-refractivity contribution in [2.75, 3.05) is 0 Å². The van der Waals surface area contributed by atoms with Gasteiger partial charge in [0.15, 0.2) is 0 Å². The van der Waals surface area contributed by atoms with Crippen LogP contribution in [-0.2, 0) is 14.6 Å². The van der Waals surface area contributed by atoms with Gasteiger partial charge in [0.1, 0.15) is 0 Å². The fraction of sp³-hybridized carbons (Fsp3) is 0.895. The molecule has 0 aromatic heterocycles. The van der Waals surface area contributed by atoms with Crippen LogP contribution in [0.3, 0.4) is 0 Å². The maximum Gasteiger partial charge on any atom is 0.397 e. The zero-order chi connectivity index (χ0) is 18.1. The lowest BCUT2D eigenvalue weighted by molar-refractivity contribution is 0.208. The molecule has 0 radical (unpaired) electrons. The summed E-state index contributed by atoms with van der Waals surface area (Å²) in [7, 11) is -4.38. The lowest BCUT2D eigenvalue weighted by Gasteiger charge is -2.10. The molecule has 0 saturated carbocycles. The van der Waals surface area contributed by atoms with Gasteiger partial charge in [0.2, 0.25) is 0 Å². The van der Waals surface area contributed by atoms with Crippen LogP contribution in [0.4, 0.5) is 0 Å². The third-order valence-electron chi connectivity index (χ3n) is 4.35. The summed E-state index contributed by atoms with van der Waals surface area (Å²) in [6.07, 6.45) is 19.4. The van der Waals surface area contributed by atoms with Crippen LogP contribution in [0.5, 0.6) is 0 Å². The Morgan fingerprint density at radius 2 is 1.21 bits per heavy atom. The van der Waals surface area contributed by atoms with E-state index in [-0.39, 0.29) is 0 Å². The second kappa shape index (κ2) is 16.1. The van der Waals surface area contributed by atoms with Gasteiger partial charge in [0.05, 0.1) is 6.10 Å². The van der Waals surface area contributed by atoms with Gasteiger partial charge in [-0.3, -0.25) is 4.55 Å². The Hall–Kier alpha value is -0.390. The summed E-state index contributed by atoms with van der Waals surface area (Å²) in [6, 6.07) is 0. The van der Waals surface area contributed by atoms with E-state index in [0.717, 1.165) is 12.8 Å². The van der Waals surface area contributed by atoms with Crippen LogP contribution >= 0.6 is 0 Å². The van der Waals surface area contributed by atoms with E-state index >= 15 is 0 Å². The maximum absolute atomic E-state index is 10.6. The van der Waals surface area contributed by atoms with Gasteiger partial charge in [-0.15, -0.1) is 6.58 Å². The number of hydrogen-bond donors (Lipinski definition) is 1. The molecule has 0 bridgehead atoms. The lowest BCUT2D eigenvalue weighted by atomic mass is 10.0. The first-order valence-corrected chi connectivity index (χ1v) is 11.1. The van der Waals surface area contributed by atoms with E-state index in [1.54, 1.807) is 0 Å². The highest BCUT2D eigenvalue weighted by Crippen LogP contribution is 2.15. The molecule has 4 nitrogen and oxygen atoms in total. The van der Waals surface area contributed by atoms with Gasteiger partial charge in [0.25, 0.3) is 0 Å². The molecule has 0 aliphatic carbocycles. The van der Waals surface area contributed by atoms with Crippen molar-refractivity contribution in [1.82, 2.24) is 0 Å². The molecular formula is C19H38O4S. The first-order valence-electron chi connectivity index (χ1n) is 9.78. The smallest absolute Gasteiger partial charge is 0.264 e. The van der Waals surface area contributed by atoms with Crippen LogP contribution in [-0.4, -0.2) is 19.1 Å². The number of hydrogen-bond acceptors (Lipinski definition) is 3. The Bertz CT molecular complexity index is 379. The van der Waals surface area contributed by atoms with Crippen molar-refractivity contribution in [3.8, 4) is 0 Å². The summed E-state index contributed by atoms with van der Waals surface area (Å²) >= 11 is 0. The summed E-state index contributed by atoms with van der Waals surface area (Å²) in [5.74, 6) is 0. The minimum absolute atomic E-state index is 0.585. The second-order valence-corrected chi connectivity index (χ2v) is 7.73. The van der Waals surface area contributed by atoms with Crippen LogP contribution in [0.25, 0.3) is 0 Å². The van der Waals surface area contributed by atoms with Crippen LogP contribution in [0.1, 0.15) is 103 Å². The van der Waals surface area contributed by atoms with E-state index in [4.69, 9.17) is 4.55 Å². The largest absolute Gasteiger partial charge is 0.397 e. The molecule has 1 atom stereocenters. The Kier molecular flexibility index (Phi) is 15.8. The van der Waals surface area contributed by atoms with E-state index in [0.29, 0.717) is 6.42 Å². The SMILES string of the molecule is C=CC(CCCCCCCCCCCCCCCC)OS(=O)(=O)O.